The first-order chi connectivity index (χ1) is 14.7. The highest BCUT2D eigenvalue weighted by molar-refractivity contribution is 5.96. The third kappa shape index (κ3) is 4.83. The molecule has 4 rings (SSSR count). The highest BCUT2D eigenvalue weighted by Crippen LogP contribution is 2.28. The van der Waals surface area contributed by atoms with Crippen LogP contribution in [0.25, 0.3) is 11.1 Å². The zero-order valence-electron chi connectivity index (χ0n) is 17.0. The van der Waals surface area contributed by atoms with Crippen molar-refractivity contribution in [1.29, 1.82) is 0 Å². The Labute approximate surface area is 176 Å². The van der Waals surface area contributed by atoms with Crippen molar-refractivity contribution in [3.8, 4) is 0 Å². The van der Waals surface area contributed by atoms with Crippen LogP contribution in [-0.2, 0) is 11.2 Å². The number of likely N-dealkylation sites (tertiary alicyclic amines) is 1. The number of hydrogen-bond donors (Lipinski definition) is 3. The van der Waals surface area contributed by atoms with Gasteiger partial charge in [0.15, 0.2) is 5.58 Å². The molecule has 0 bridgehead atoms. The zero-order valence-corrected chi connectivity index (χ0v) is 17.0. The molecule has 9 heteroatoms. The zero-order chi connectivity index (χ0) is 22.2. The molecule has 0 aliphatic carbocycles. The molecule has 1 fully saturated rings. The molecule has 164 valence electrons. The van der Waals surface area contributed by atoms with E-state index in [1.54, 1.807) is 25.1 Å². The number of carbonyl (C=O) groups is 1. The van der Waals surface area contributed by atoms with Gasteiger partial charge in [-0.1, -0.05) is 0 Å². The third-order valence-electron chi connectivity index (χ3n) is 5.80. The van der Waals surface area contributed by atoms with Crippen molar-refractivity contribution in [3.63, 3.8) is 0 Å². The molecule has 1 aliphatic rings. The number of H-pyrrole nitrogens is 1. The maximum absolute atomic E-state index is 13.4. The summed E-state index contributed by atoms with van der Waals surface area (Å²) >= 11 is 0. The summed E-state index contributed by atoms with van der Waals surface area (Å²) in [6, 6.07) is 7.70. The molecule has 3 aromatic rings. The van der Waals surface area contributed by atoms with E-state index in [2.05, 4.69) is 10.3 Å². The Morgan fingerprint density at radius 3 is 2.58 bits per heavy atom. The molecule has 2 aromatic carbocycles. The minimum Gasteiger partial charge on any atom is -0.408 e. The molecule has 1 saturated heterocycles. The predicted molar refractivity (Wildman–Crippen MR) is 111 cm³/mol. The van der Waals surface area contributed by atoms with Gasteiger partial charge < -0.3 is 14.8 Å². The summed E-state index contributed by atoms with van der Waals surface area (Å²) in [6.07, 6.45) is 0.907. The summed E-state index contributed by atoms with van der Waals surface area (Å²) < 4.78 is 31.9. The molecule has 1 aromatic heterocycles. The van der Waals surface area contributed by atoms with E-state index < -0.39 is 29.0 Å². The second-order valence-corrected chi connectivity index (χ2v) is 8.11. The van der Waals surface area contributed by atoms with E-state index in [1.807, 2.05) is 4.90 Å². The summed E-state index contributed by atoms with van der Waals surface area (Å²) in [5.74, 6) is -2.12. The quantitative estimate of drug-likeness (QED) is 0.577. The Morgan fingerprint density at radius 2 is 1.90 bits per heavy atom. The number of aromatic amines is 1. The van der Waals surface area contributed by atoms with Crippen LogP contribution < -0.4 is 11.1 Å². The minimum atomic E-state index is -1.08. The van der Waals surface area contributed by atoms with Crippen LogP contribution in [0.3, 0.4) is 0 Å². The lowest BCUT2D eigenvalue weighted by molar-refractivity contribution is -0.122. The highest BCUT2D eigenvalue weighted by Gasteiger charge is 2.35. The van der Waals surface area contributed by atoms with Crippen molar-refractivity contribution in [2.24, 2.45) is 0 Å². The minimum absolute atomic E-state index is 0.151. The normalized spacial score (nSPS) is 17.5. The van der Waals surface area contributed by atoms with Crippen LogP contribution in [0.15, 0.2) is 45.6 Å². The van der Waals surface area contributed by atoms with Crippen LogP contribution in [0.2, 0.25) is 0 Å². The second-order valence-electron chi connectivity index (χ2n) is 8.11. The number of nitrogens with zero attached hydrogens (tertiary/aromatic N) is 1. The first kappa shape index (κ1) is 21.2. The monoisotopic (exact) mass is 431 g/mol. The molecule has 0 radical (unpaired) electrons. The summed E-state index contributed by atoms with van der Waals surface area (Å²) in [6.45, 7) is 2.71. The molecule has 7 nitrogen and oxygen atoms in total. The van der Waals surface area contributed by atoms with Gasteiger partial charge in [0.05, 0.1) is 17.2 Å². The van der Waals surface area contributed by atoms with Crippen molar-refractivity contribution in [1.82, 2.24) is 9.88 Å². The summed E-state index contributed by atoms with van der Waals surface area (Å²) in [5, 5.41) is 13.7. The van der Waals surface area contributed by atoms with Crippen molar-refractivity contribution in [2.45, 2.75) is 37.8 Å². The van der Waals surface area contributed by atoms with Crippen LogP contribution in [0.4, 0.5) is 14.5 Å². The predicted octanol–water partition coefficient (Wildman–Crippen LogP) is 2.80. The number of aromatic nitrogens is 1. The van der Waals surface area contributed by atoms with Crippen LogP contribution in [-0.4, -0.2) is 45.6 Å². The number of anilines is 1. The van der Waals surface area contributed by atoms with Crippen LogP contribution in [0.5, 0.6) is 0 Å². The standard InChI is InChI=1S/C22H23F2N3O4/c1-13(20(28)25-17-2-3-18-19(11-17)31-21(29)26-18)27-6-4-22(30,5-7-27)12-14-8-15(23)10-16(24)9-14/h2-3,8-11,13,30H,4-7,12H2,1H3,(H,25,28)(H,26,29). The summed E-state index contributed by atoms with van der Waals surface area (Å²) in [5.41, 5.74) is 0.737. The number of amides is 1. The lowest BCUT2D eigenvalue weighted by Gasteiger charge is -2.40. The maximum Gasteiger partial charge on any atom is 0.417 e. The number of fused-ring (bicyclic) bond motifs is 1. The lowest BCUT2D eigenvalue weighted by Crippen LogP contribution is -2.51. The van der Waals surface area contributed by atoms with Gasteiger partial charge in [0.2, 0.25) is 5.91 Å². The van der Waals surface area contributed by atoms with Gasteiger partial charge in [0, 0.05) is 37.3 Å². The number of rotatable bonds is 5. The van der Waals surface area contributed by atoms with E-state index in [0.29, 0.717) is 48.3 Å². The average molecular weight is 431 g/mol. The van der Waals surface area contributed by atoms with Gasteiger partial charge >= 0.3 is 5.76 Å². The van der Waals surface area contributed by atoms with Crippen molar-refractivity contribution in [2.75, 3.05) is 18.4 Å². The van der Waals surface area contributed by atoms with Crippen molar-refractivity contribution >= 4 is 22.7 Å². The Kier molecular flexibility index (Phi) is 5.63. The summed E-state index contributed by atoms with van der Waals surface area (Å²) in [4.78, 5) is 28.4. The third-order valence-corrected chi connectivity index (χ3v) is 5.80. The first-order valence-electron chi connectivity index (χ1n) is 10.1. The second kappa shape index (κ2) is 8.24. The number of piperidine rings is 1. The molecule has 0 saturated carbocycles. The Morgan fingerprint density at radius 1 is 1.23 bits per heavy atom. The number of oxazole rings is 1. The van der Waals surface area contributed by atoms with Crippen LogP contribution in [0, 0.1) is 11.6 Å². The molecular weight excluding hydrogens is 408 g/mol. The van der Waals surface area contributed by atoms with Gasteiger partial charge in [0.25, 0.3) is 0 Å². The Balaban J connectivity index is 1.35. The molecule has 1 aliphatic heterocycles. The maximum atomic E-state index is 13.4. The fourth-order valence-corrected chi connectivity index (χ4v) is 4.03. The van der Waals surface area contributed by atoms with E-state index >= 15 is 0 Å². The van der Waals surface area contributed by atoms with E-state index in [4.69, 9.17) is 4.42 Å². The van der Waals surface area contributed by atoms with E-state index in [9.17, 15) is 23.5 Å². The van der Waals surface area contributed by atoms with Crippen LogP contribution in [0.1, 0.15) is 25.3 Å². The number of carbonyl (C=O) groups excluding carboxylic acids is 1. The number of hydrogen-bond acceptors (Lipinski definition) is 5. The van der Waals surface area contributed by atoms with Gasteiger partial charge in [-0.2, -0.15) is 0 Å². The molecule has 0 spiro atoms. The molecular formula is C22H23F2N3O4. The molecule has 1 atom stereocenters. The summed E-state index contributed by atoms with van der Waals surface area (Å²) in [7, 11) is 0. The SMILES string of the molecule is CC(C(=O)Nc1ccc2[nH]c(=O)oc2c1)N1CCC(O)(Cc2cc(F)cc(F)c2)CC1. The lowest BCUT2D eigenvalue weighted by atomic mass is 9.85. The van der Waals surface area contributed by atoms with Crippen LogP contribution >= 0.6 is 0 Å². The van der Waals surface area contributed by atoms with Crippen molar-refractivity contribution in [3.05, 3.63) is 64.1 Å². The largest absolute Gasteiger partial charge is 0.417 e. The first-order valence-corrected chi connectivity index (χ1v) is 10.1. The van der Waals surface area contributed by atoms with E-state index in [1.165, 1.54) is 12.1 Å². The van der Waals surface area contributed by atoms with Gasteiger partial charge in [-0.15, -0.1) is 0 Å². The fourth-order valence-electron chi connectivity index (χ4n) is 4.03. The number of halogens is 2. The van der Waals surface area contributed by atoms with E-state index in [0.717, 1.165) is 6.07 Å². The molecule has 2 heterocycles. The molecule has 1 amide bonds. The highest BCUT2D eigenvalue weighted by atomic mass is 19.1. The Bertz CT molecular complexity index is 1140. The fraction of sp³-hybridized carbons (Fsp3) is 0.364. The van der Waals surface area contributed by atoms with Gasteiger partial charge in [0.1, 0.15) is 11.6 Å². The number of benzene rings is 2. The average Bonchev–Trinajstić information content (AvgIpc) is 3.06. The topological polar surface area (TPSA) is 98.6 Å². The van der Waals surface area contributed by atoms with Gasteiger partial charge in [-0.25, -0.2) is 13.6 Å². The number of aliphatic hydroxyl groups is 1. The van der Waals surface area contributed by atoms with E-state index in [-0.39, 0.29) is 12.3 Å². The van der Waals surface area contributed by atoms with Gasteiger partial charge in [-0.3, -0.25) is 14.7 Å². The molecule has 31 heavy (non-hydrogen) atoms. The smallest absolute Gasteiger partial charge is 0.408 e. The molecule has 3 N–H and O–H groups in total. The van der Waals surface area contributed by atoms with Crippen molar-refractivity contribution < 1.29 is 23.1 Å². The number of nitrogens with one attached hydrogen (secondary N) is 2. The molecule has 1 unspecified atom stereocenters. The van der Waals surface area contributed by atoms with Gasteiger partial charge in [-0.05, 0) is 49.6 Å². The Hall–Kier alpha value is -3.04.